The first-order valence-electron chi connectivity index (χ1n) is 10.1. The number of morpholine rings is 1. The molecule has 0 radical (unpaired) electrons. The van der Waals surface area contributed by atoms with E-state index in [4.69, 9.17) is 9.47 Å². The van der Waals surface area contributed by atoms with Gasteiger partial charge < -0.3 is 14.4 Å². The average molecular weight is 405 g/mol. The van der Waals surface area contributed by atoms with Gasteiger partial charge in [-0.2, -0.15) is 0 Å². The third kappa shape index (κ3) is 3.99. The molecule has 1 unspecified atom stereocenters. The molecule has 0 saturated carbocycles. The van der Waals surface area contributed by atoms with E-state index in [0.717, 1.165) is 74.0 Å². The van der Waals surface area contributed by atoms with Crippen molar-refractivity contribution in [3.05, 3.63) is 16.8 Å². The van der Waals surface area contributed by atoms with Crippen LogP contribution in [0, 0.1) is 12.8 Å². The van der Waals surface area contributed by atoms with Gasteiger partial charge in [-0.3, -0.25) is 4.90 Å². The van der Waals surface area contributed by atoms with E-state index in [1.807, 2.05) is 13.8 Å². The number of aryl methyl sites for hydroxylation is 1. The standard InChI is InChI=1S/C20H28N4O3S/c1-3-27-20(25)17-14(2)16-18(21-13-22-19(16)28-17)24-6-4-5-15(12-24)11-23-7-9-26-10-8-23/h13,15H,3-12H2,1-2H3. The molecule has 2 saturated heterocycles. The predicted molar refractivity (Wildman–Crippen MR) is 110 cm³/mol. The van der Waals surface area contributed by atoms with Crippen LogP contribution in [0.5, 0.6) is 0 Å². The quantitative estimate of drug-likeness (QED) is 0.710. The summed E-state index contributed by atoms with van der Waals surface area (Å²) in [6.07, 6.45) is 4.03. The van der Waals surface area contributed by atoms with Crippen LogP contribution in [-0.4, -0.2) is 73.4 Å². The zero-order valence-corrected chi connectivity index (χ0v) is 17.5. The molecular formula is C20H28N4O3S. The fraction of sp³-hybridized carbons (Fsp3) is 0.650. The van der Waals surface area contributed by atoms with Crippen LogP contribution in [0.2, 0.25) is 0 Å². The number of thiophene rings is 1. The van der Waals surface area contributed by atoms with Crippen LogP contribution in [0.25, 0.3) is 10.2 Å². The molecule has 4 heterocycles. The highest BCUT2D eigenvalue weighted by molar-refractivity contribution is 7.20. The summed E-state index contributed by atoms with van der Waals surface area (Å²) >= 11 is 1.40. The second-order valence-electron chi connectivity index (χ2n) is 7.52. The first-order valence-corrected chi connectivity index (χ1v) is 10.9. The van der Waals surface area contributed by atoms with Crippen LogP contribution >= 0.6 is 11.3 Å². The Bertz CT molecular complexity index is 834. The second-order valence-corrected chi connectivity index (χ2v) is 8.52. The molecule has 0 spiro atoms. The van der Waals surface area contributed by atoms with Crippen molar-refractivity contribution >= 4 is 33.3 Å². The number of hydrogen-bond donors (Lipinski definition) is 0. The normalized spacial score (nSPS) is 21.2. The average Bonchev–Trinajstić information content (AvgIpc) is 3.06. The number of carbonyl (C=O) groups excluding carboxylic acids is 1. The van der Waals surface area contributed by atoms with Gasteiger partial charge in [0.15, 0.2) is 0 Å². The highest BCUT2D eigenvalue weighted by atomic mass is 32.1. The van der Waals surface area contributed by atoms with Crippen molar-refractivity contribution in [1.29, 1.82) is 0 Å². The monoisotopic (exact) mass is 404 g/mol. The number of hydrogen-bond acceptors (Lipinski definition) is 8. The number of piperidine rings is 1. The van der Waals surface area contributed by atoms with Gasteiger partial charge in [-0.05, 0) is 38.2 Å². The Kier molecular flexibility index (Phi) is 6.08. The summed E-state index contributed by atoms with van der Waals surface area (Å²) < 4.78 is 10.7. The number of fused-ring (bicyclic) bond motifs is 1. The van der Waals surface area contributed by atoms with Crippen LogP contribution in [0.4, 0.5) is 5.82 Å². The molecule has 152 valence electrons. The lowest BCUT2D eigenvalue weighted by Crippen LogP contribution is -2.44. The van der Waals surface area contributed by atoms with Crippen LogP contribution in [0.3, 0.4) is 0 Å². The van der Waals surface area contributed by atoms with Crippen molar-refractivity contribution in [1.82, 2.24) is 14.9 Å². The maximum absolute atomic E-state index is 12.3. The van der Waals surface area contributed by atoms with Crippen LogP contribution in [0.1, 0.15) is 35.0 Å². The number of nitrogens with zero attached hydrogens (tertiary/aromatic N) is 4. The van der Waals surface area contributed by atoms with E-state index in [1.165, 1.54) is 17.8 Å². The first kappa shape index (κ1) is 19.5. The zero-order valence-electron chi connectivity index (χ0n) is 16.6. The maximum atomic E-state index is 12.3. The third-order valence-electron chi connectivity index (χ3n) is 5.61. The molecule has 0 aliphatic carbocycles. The largest absolute Gasteiger partial charge is 0.462 e. The van der Waals surface area contributed by atoms with Crippen molar-refractivity contribution in [2.45, 2.75) is 26.7 Å². The van der Waals surface area contributed by atoms with Gasteiger partial charge >= 0.3 is 5.97 Å². The number of ether oxygens (including phenoxy) is 2. The molecule has 4 rings (SSSR count). The Balaban J connectivity index is 1.56. The van der Waals surface area contributed by atoms with Gasteiger partial charge in [0.25, 0.3) is 0 Å². The minimum atomic E-state index is -0.266. The summed E-state index contributed by atoms with van der Waals surface area (Å²) in [5.74, 6) is 1.32. The topological polar surface area (TPSA) is 67.8 Å². The molecule has 28 heavy (non-hydrogen) atoms. The van der Waals surface area contributed by atoms with Crippen molar-refractivity contribution in [3.8, 4) is 0 Å². The minimum absolute atomic E-state index is 0.266. The first-order chi connectivity index (χ1) is 13.7. The van der Waals surface area contributed by atoms with Gasteiger partial charge in [0.1, 0.15) is 21.9 Å². The SMILES string of the molecule is CCOC(=O)c1sc2ncnc(N3CCCC(CN4CCOCC4)C3)c2c1C. The Morgan fingerprint density at radius 3 is 2.93 bits per heavy atom. The molecule has 2 aromatic heterocycles. The molecule has 7 nitrogen and oxygen atoms in total. The molecule has 0 amide bonds. The lowest BCUT2D eigenvalue weighted by molar-refractivity contribution is 0.0296. The molecule has 1 atom stereocenters. The summed E-state index contributed by atoms with van der Waals surface area (Å²) in [5, 5.41) is 1.00. The fourth-order valence-corrected chi connectivity index (χ4v) is 5.28. The zero-order chi connectivity index (χ0) is 19.5. The van der Waals surface area contributed by atoms with Gasteiger partial charge in [0, 0.05) is 32.7 Å². The van der Waals surface area contributed by atoms with E-state index in [-0.39, 0.29) is 5.97 Å². The van der Waals surface area contributed by atoms with Gasteiger partial charge in [-0.15, -0.1) is 11.3 Å². The minimum Gasteiger partial charge on any atom is -0.462 e. The summed E-state index contributed by atoms with van der Waals surface area (Å²) in [6, 6.07) is 0. The summed E-state index contributed by atoms with van der Waals surface area (Å²) in [5.41, 5.74) is 0.935. The summed E-state index contributed by atoms with van der Waals surface area (Å²) in [7, 11) is 0. The second kappa shape index (κ2) is 8.71. The Morgan fingerprint density at radius 1 is 1.32 bits per heavy atom. The van der Waals surface area contributed by atoms with E-state index in [1.54, 1.807) is 6.33 Å². The number of carbonyl (C=O) groups is 1. The molecular weight excluding hydrogens is 376 g/mol. The lowest BCUT2D eigenvalue weighted by Gasteiger charge is -2.37. The molecule has 2 aliphatic heterocycles. The van der Waals surface area contributed by atoms with Crippen molar-refractivity contribution in [2.75, 3.05) is 57.4 Å². The smallest absolute Gasteiger partial charge is 0.348 e. The lowest BCUT2D eigenvalue weighted by atomic mass is 9.97. The molecule has 0 bridgehead atoms. The Labute approximate surface area is 169 Å². The summed E-state index contributed by atoms with van der Waals surface area (Å²) in [6.45, 7) is 11.0. The fourth-order valence-electron chi connectivity index (χ4n) is 4.24. The van der Waals surface area contributed by atoms with E-state index in [0.29, 0.717) is 17.4 Å². The third-order valence-corrected chi connectivity index (χ3v) is 6.79. The van der Waals surface area contributed by atoms with Crippen molar-refractivity contribution in [2.24, 2.45) is 5.92 Å². The number of aromatic nitrogens is 2. The molecule has 0 N–H and O–H groups in total. The number of esters is 1. The molecule has 0 aromatic carbocycles. The van der Waals surface area contributed by atoms with Crippen molar-refractivity contribution in [3.63, 3.8) is 0 Å². The summed E-state index contributed by atoms with van der Waals surface area (Å²) in [4.78, 5) is 27.8. The van der Waals surface area contributed by atoms with E-state index in [2.05, 4.69) is 19.8 Å². The van der Waals surface area contributed by atoms with Crippen LogP contribution in [0.15, 0.2) is 6.33 Å². The Morgan fingerprint density at radius 2 is 2.14 bits per heavy atom. The highest BCUT2D eigenvalue weighted by Gasteiger charge is 2.27. The molecule has 8 heteroatoms. The van der Waals surface area contributed by atoms with Crippen LogP contribution in [-0.2, 0) is 9.47 Å². The van der Waals surface area contributed by atoms with E-state index < -0.39 is 0 Å². The maximum Gasteiger partial charge on any atom is 0.348 e. The molecule has 2 aliphatic rings. The van der Waals surface area contributed by atoms with Gasteiger partial charge in [-0.1, -0.05) is 0 Å². The van der Waals surface area contributed by atoms with Crippen molar-refractivity contribution < 1.29 is 14.3 Å². The highest BCUT2D eigenvalue weighted by Crippen LogP contribution is 2.36. The molecule has 2 fully saturated rings. The van der Waals surface area contributed by atoms with Gasteiger partial charge in [0.05, 0.1) is 25.2 Å². The van der Waals surface area contributed by atoms with Crippen LogP contribution < -0.4 is 4.90 Å². The van der Waals surface area contributed by atoms with E-state index >= 15 is 0 Å². The van der Waals surface area contributed by atoms with Gasteiger partial charge in [-0.25, -0.2) is 14.8 Å². The Hall–Kier alpha value is -1.77. The van der Waals surface area contributed by atoms with Gasteiger partial charge in [0.2, 0.25) is 0 Å². The number of anilines is 1. The predicted octanol–water partition coefficient (Wildman–Crippen LogP) is 2.73. The molecule has 2 aromatic rings. The van der Waals surface area contributed by atoms with E-state index in [9.17, 15) is 4.79 Å². The number of rotatable bonds is 5.